The summed E-state index contributed by atoms with van der Waals surface area (Å²) in [5.74, 6) is 0. The Morgan fingerprint density at radius 2 is 1.55 bits per heavy atom. The second-order valence-electron chi connectivity index (χ2n) is 3.38. The number of halogens is 6. The summed E-state index contributed by atoms with van der Waals surface area (Å²) in [7, 11) is -6.28. The van der Waals surface area contributed by atoms with Crippen LogP contribution in [0.5, 0.6) is 0 Å². The number of rotatable bonds is 2. The Bertz CT molecular complexity index is 648. The van der Waals surface area contributed by atoms with Crippen molar-refractivity contribution in [2.75, 3.05) is 0 Å². The van der Waals surface area contributed by atoms with E-state index in [0.717, 1.165) is 0 Å². The third kappa shape index (κ3) is 2.84. The first-order valence-electron chi connectivity index (χ1n) is 4.45. The molecule has 20 heavy (non-hydrogen) atoms. The van der Waals surface area contributed by atoms with E-state index in [-0.39, 0.29) is 18.2 Å². The fraction of sp³-hybridized carbons (Fsp3) is 0.250. The van der Waals surface area contributed by atoms with Crippen molar-refractivity contribution in [2.45, 2.75) is 16.6 Å². The molecule has 0 atom stereocenters. The van der Waals surface area contributed by atoms with E-state index in [1.54, 1.807) is 0 Å². The van der Waals surface area contributed by atoms with Crippen molar-refractivity contribution in [1.82, 2.24) is 0 Å². The van der Waals surface area contributed by atoms with E-state index in [2.05, 4.69) is 0 Å². The Morgan fingerprint density at radius 1 is 1.05 bits per heavy atom. The van der Waals surface area contributed by atoms with Crippen LogP contribution in [0.1, 0.15) is 5.56 Å². The Morgan fingerprint density at radius 3 is 1.90 bits per heavy atom. The lowest BCUT2D eigenvalue weighted by molar-refractivity contribution is -0.385. The van der Waals surface area contributed by atoms with Crippen LogP contribution >= 0.6 is 0 Å². The molecule has 12 heteroatoms. The minimum Gasteiger partial charge on any atom is -0.258 e. The molecule has 5 nitrogen and oxygen atoms in total. The predicted octanol–water partition coefficient (Wildman–Crippen LogP) is 2.91. The van der Waals surface area contributed by atoms with E-state index >= 15 is 0 Å². The van der Waals surface area contributed by atoms with Crippen LogP contribution in [0.25, 0.3) is 0 Å². The maximum absolute atomic E-state index is 12.6. The number of alkyl halides is 6. The van der Waals surface area contributed by atoms with Gasteiger partial charge in [0.05, 0.1) is 15.4 Å². The first kappa shape index (κ1) is 16.2. The van der Waals surface area contributed by atoms with Gasteiger partial charge in [-0.05, 0) is 6.07 Å². The summed E-state index contributed by atoms with van der Waals surface area (Å²) in [4.78, 5) is 6.93. The molecular weight excluding hydrogens is 320 g/mol. The second-order valence-corrected chi connectivity index (χ2v) is 5.29. The van der Waals surface area contributed by atoms with Crippen LogP contribution in [-0.4, -0.2) is 18.8 Å². The smallest absolute Gasteiger partial charge is 0.258 e. The van der Waals surface area contributed by atoms with Gasteiger partial charge in [-0.2, -0.15) is 26.3 Å². The lowest BCUT2D eigenvalue weighted by Crippen LogP contribution is -2.26. The van der Waals surface area contributed by atoms with Crippen LogP contribution in [-0.2, 0) is 16.0 Å². The van der Waals surface area contributed by atoms with Gasteiger partial charge in [-0.25, -0.2) is 8.42 Å². The number of nitrogens with zero attached hydrogens (tertiary/aromatic N) is 1. The molecule has 0 heterocycles. The van der Waals surface area contributed by atoms with Crippen molar-refractivity contribution in [2.24, 2.45) is 0 Å². The average Bonchev–Trinajstić information content (AvgIpc) is 2.25. The van der Waals surface area contributed by atoms with Crippen molar-refractivity contribution in [3.63, 3.8) is 0 Å². The number of hydrogen-bond acceptors (Lipinski definition) is 4. The third-order valence-electron chi connectivity index (χ3n) is 2.07. The van der Waals surface area contributed by atoms with E-state index in [0.29, 0.717) is 0 Å². The Balaban J connectivity index is 3.70. The number of nitro benzene ring substituents is 1. The van der Waals surface area contributed by atoms with E-state index < -0.39 is 42.6 Å². The van der Waals surface area contributed by atoms with Crippen molar-refractivity contribution in [3.8, 4) is 0 Å². The van der Waals surface area contributed by atoms with Crippen LogP contribution in [0.15, 0.2) is 23.1 Å². The largest absolute Gasteiger partial charge is 0.501 e. The van der Waals surface area contributed by atoms with Gasteiger partial charge in [-0.1, -0.05) is 0 Å². The second kappa shape index (κ2) is 4.61. The monoisotopic (exact) mass is 323 g/mol. The highest BCUT2D eigenvalue weighted by Gasteiger charge is 2.51. The zero-order valence-corrected chi connectivity index (χ0v) is 9.80. The maximum Gasteiger partial charge on any atom is 0.501 e. The lowest BCUT2D eigenvalue weighted by atomic mass is 10.2. The topological polar surface area (TPSA) is 77.3 Å². The van der Waals surface area contributed by atoms with Crippen molar-refractivity contribution >= 4 is 15.5 Å². The van der Waals surface area contributed by atoms with Crippen LogP contribution in [0, 0.1) is 10.1 Å². The number of non-ortho nitro benzene ring substituents is 1. The third-order valence-corrected chi connectivity index (χ3v) is 3.62. The molecular formula is C8H3F6NO4S. The van der Waals surface area contributed by atoms with E-state index in [1.165, 1.54) is 0 Å². The predicted molar refractivity (Wildman–Crippen MR) is 51.3 cm³/mol. The molecule has 1 aromatic rings. The summed E-state index contributed by atoms with van der Waals surface area (Å²) in [6.45, 7) is 0. The number of hydrogen-bond donors (Lipinski definition) is 0. The molecule has 0 aliphatic rings. The van der Waals surface area contributed by atoms with Crippen LogP contribution in [0.2, 0.25) is 0 Å². The van der Waals surface area contributed by atoms with E-state index in [4.69, 9.17) is 0 Å². The first-order chi connectivity index (χ1) is 8.78. The minimum absolute atomic E-state index is 0.0935. The Hall–Kier alpha value is -1.85. The molecule has 0 bridgehead atoms. The van der Waals surface area contributed by atoms with Gasteiger partial charge in [0, 0.05) is 12.1 Å². The highest BCUT2D eigenvalue weighted by Crippen LogP contribution is 2.40. The van der Waals surface area contributed by atoms with Crippen LogP contribution in [0.3, 0.4) is 0 Å². The van der Waals surface area contributed by atoms with Crippen molar-refractivity contribution < 1.29 is 39.7 Å². The van der Waals surface area contributed by atoms with Gasteiger partial charge in [0.25, 0.3) is 15.5 Å². The first-order valence-corrected chi connectivity index (χ1v) is 5.94. The van der Waals surface area contributed by atoms with Gasteiger partial charge in [0.15, 0.2) is 0 Å². The van der Waals surface area contributed by atoms with Crippen LogP contribution < -0.4 is 0 Å². The molecule has 0 aliphatic heterocycles. The molecule has 112 valence electrons. The number of sulfone groups is 1. The zero-order valence-electron chi connectivity index (χ0n) is 8.99. The molecule has 1 aromatic carbocycles. The van der Waals surface area contributed by atoms with E-state index in [9.17, 15) is 44.9 Å². The molecule has 0 radical (unpaired) electrons. The van der Waals surface area contributed by atoms with Crippen molar-refractivity contribution in [1.29, 1.82) is 0 Å². The molecule has 0 unspecified atom stereocenters. The summed E-state index contributed by atoms with van der Waals surface area (Å²) in [6.07, 6.45) is -5.50. The maximum atomic E-state index is 12.6. The highest BCUT2D eigenvalue weighted by molar-refractivity contribution is 7.92. The molecule has 0 aromatic heterocycles. The van der Waals surface area contributed by atoms with Gasteiger partial charge >= 0.3 is 11.7 Å². The van der Waals surface area contributed by atoms with Gasteiger partial charge in [-0.15, -0.1) is 0 Å². The standard InChI is InChI=1S/C8H3F6NO4S/c9-7(10,11)5-3-4(15(16)17)1-2-6(5)20(18,19)8(12,13)14/h1-3H. The zero-order chi connectivity index (χ0) is 15.9. The summed E-state index contributed by atoms with van der Waals surface area (Å²) in [5, 5.41) is 10.3. The number of nitro groups is 1. The lowest BCUT2D eigenvalue weighted by Gasteiger charge is -2.14. The summed E-state index contributed by atoms with van der Waals surface area (Å²) < 4.78 is 96.5. The summed E-state index contributed by atoms with van der Waals surface area (Å²) in [5.41, 5.74) is -9.38. The van der Waals surface area contributed by atoms with Crippen molar-refractivity contribution in [3.05, 3.63) is 33.9 Å². The molecule has 0 fully saturated rings. The fourth-order valence-corrected chi connectivity index (χ4v) is 2.17. The Kier molecular flexibility index (Phi) is 3.74. The van der Waals surface area contributed by atoms with Gasteiger partial charge in [0.2, 0.25) is 0 Å². The quantitative estimate of drug-likeness (QED) is 0.476. The minimum atomic E-state index is -6.28. The Labute approximate surface area is 106 Å². The molecule has 0 aliphatic carbocycles. The molecule has 1 rings (SSSR count). The fourth-order valence-electron chi connectivity index (χ4n) is 1.21. The normalized spacial score (nSPS) is 13.3. The van der Waals surface area contributed by atoms with Crippen LogP contribution in [0.4, 0.5) is 32.0 Å². The van der Waals surface area contributed by atoms with Gasteiger partial charge in [0.1, 0.15) is 0 Å². The molecule has 0 N–H and O–H groups in total. The van der Waals surface area contributed by atoms with E-state index in [1.807, 2.05) is 0 Å². The number of benzene rings is 1. The SMILES string of the molecule is O=[N+]([O-])c1ccc(S(=O)(=O)C(F)(F)F)c(C(F)(F)F)c1. The van der Waals surface area contributed by atoms with Gasteiger partial charge in [-0.3, -0.25) is 10.1 Å². The molecule has 0 amide bonds. The molecule has 0 spiro atoms. The average molecular weight is 323 g/mol. The highest BCUT2D eigenvalue weighted by atomic mass is 32.2. The molecule has 0 saturated carbocycles. The summed E-state index contributed by atoms with van der Waals surface area (Å²) in [6, 6.07) is -0.115. The van der Waals surface area contributed by atoms with Gasteiger partial charge < -0.3 is 0 Å². The summed E-state index contributed by atoms with van der Waals surface area (Å²) >= 11 is 0. The molecule has 0 saturated heterocycles.